The van der Waals surface area contributed by atoms with Gasteiger partial charge in [-0.25, -0.2) is 13.6 Å². The second-order valence-corrected chi connectivity index (χ2v) is 32.3. The van der Waals surface area contributed by atoms with E-state index in [1.54, 1.807) is 0 Å². The van der Waals surface area contributed by atoms with Gasteiger partial charge >= 0.3 is 24.1 Å². The lowest BCUT2D eigenvalue weighted by Crippen LogP contribution is -2.43. The first-order chi connectivity index (χ1) is 31.0. The van der Waals surface area contributed by atoms with E-state index in [9.17, 15) is 36.7 Å². The molecule has 67 heavy (non-hydrogen) atoms. The number of aliphatic carboxylic acids is 1. The molecule has 0 bridgehead atoms. The number of esters is 2. The van der Waals surface area contributed by atoms with E-state index in [1.165, 1.54) is 17.8 Å². The number of nitrogens with zero attached hydrogens (tertiary/aromatic N) is 2. The van der Waals surface area contributed by atoms with Crippen LogP contribution in [0.15, 0.2) is 60.8 Å². The Morgan fingerprint density at radius 2 is 1.45 bits per heavy atom. The van der Waals surface area contributed by atoms with Gasteiger partial charge in [-0.15, -0.1) is 0 Å². The van der Waals surface area contributed by atoms with Crippen LogP contribution in [0.1, 0.15) is 70.2 Å². The summed E-state index contributed by atoms with van der Waals surface area (Å²) < 4.78 is 74.5. The van der Waals surface area contributed by atoms with Crippen molar-refractivity contribution in [1.29, 1.82) is 0 Å². The average Bonchev–Trinajstić information content (AvgIpc) is 3.61. The minimum Gasteiger partial charge on any atom is -0.475 e. The van der Waals surface area contributed by atoms with Crippen molar-refractivity contribution in [3.8, 4) is 11.1 Å². The third-order valence-corrected chi connectivity index (χ3v) is 14.8. The van der Waals surface area contributed by atoms with Gasteiger partial charge in [0.15, 0.2) is 0 Å². The molecule has 1 amide bonds. The Bertz CT molecular complexity index is 2070. The number of unbranched alkanes of at least 4 members (excludes halogenated alkanes) is 1. The Labute approximate surface area is 398 Å². The second-order valence-electron chi connectivity index (χ2n) is 20.0. The molecular weight excluding hydrogens is 930 g/mol. The van der Waals surface area contributed by atoms with Gasteiger partial charge in [-0.2, -0.15) is 24.9 Å². The van der Waals surface area contributed by atoms with Gasteiger partial charge in [0.25, 0.3) is 0 Å². The summed E-state index contributed by atoms with van der Waals surface area (Å²) in [7, 11) is -2.75. The van der Waals surface area contributed by atoms with Crippen LogP contribution < -0.4 is 5.73 Å². The van der Waals surface area contributed by atoms with E-state index in [0.29, 0.717) is 50.5 Å². The highest BCUT2D eigenvalue weighted by atomic mass is 32.2. The molecule has 19 heteroatoms. The number of hydrogen-bond donors (Lipinski definition) is 2. The zero-order valence-electron chi connectivity index (χ0n) is 40.4. The predicted octanol–water partition coefficient (Wildman–Crippen LogP) is 10.6. The molecule has 1 heterocycles. The zero-order chi connectivity index (χ0) is 50.8. The van der Waals surface area contributed by atoms with E-state index in [2.05, 4.69) is 39.3 Å². The number of amides is 1. The Kier molecular flexibility index (Phi) is 23.7. The van der Waals surface area contributed by atoms with E-state index in [1.807, 2.05) is 72.8 Å². The Balaban J connectivity index is 0.00000203. The summed E-state index contributed by atoms with van der Waals surface area (Å²) in [5.41, 5.74) is 7.70. The molecule has 0 aliphatic rings. The van der Waals surface area contributed by atoms with Gasteiger partial charge in [0.05, 0.1) is 30.9 Å². The third kappa shape index (κ3) is 22.5. The van der Waals surface area contributed by atoms with Crippen molar-refractivity contribution in [2.75, 3.05) is 37.8 Å². The number of carboxylic acids is 1. The number of ether oxygens (including phenoxy) is 2. The maximum absolute atomic E-state index is 15.3. The van der Waals surface area contributed by atoms with E-state index in [0.717, 1.165) is 35.5 Å². The molecular formula is C48H70F5N3O8SSi2. The molecule has 3 rings (SSSR count). The van der Waals surface area contributed by atoms with Crippen LogP contribution in [0.25, 0.3) is 11.1 Å². The van der Waals surface area contributed by atoms with Crippen LogP contribution in [0.5, 0.6) is 0 Å². The molecule has 0 spiro atoms. The number of hydrogen-bond acceptors (Lipinski definition) is 9. The molecule has 0 aliphatic carbocycles. The summed E-state index contributed by atoms with van der Waals surface area (Å²) in [6.45, 7) is 20.9. The zero-order valence-corrected chi connectivity index (χ0v) is 43.2. The van der Waals surface area contributed by atoms with Crippen LogP contribution >= 0.6 is 11.8 Å². The lowest BCUT2D eigenvalue weighted by molar-refractivity contribution is -0.192. The molecule has 0 aliphatic heterocycles. The van der Waals surface area contributed by atoms with E-state index < -0.39 is 63.3 Å². The third-order valence-electron chi connectivity index (χ3n) is 10.4. The summed E-state index contributed by atoms with van der Waals surface area (Å²) in [6.07, 6.45) is -1.83. The molecule has 0 radical (unpaired) electrons. The highest BCUT2D eigenvalue weighted by Crippen LogP contribution is 2.41. The number of nitrogens with two attached hydrogens (primary N) is 1. The second kappa shape index (κ2) is 27.0. The van der Waals surface area contributed by atoms with Gasteiger partial charge in [0.2, 0.25) is 5.91 Å². The fourth-order valence-corrected chi connectivity index (χ4v) is 9.03. The maximum atomic E-state index is 15.3. The van der Waals surface area contributed by atoms with Crippen LogP contribution in [-0.2, 0) is 40.0 Å². The van der Waals surface area contributed by atoms with Crippen LogP contribution in [0.3, 0.4) is 0 Å². The summed E-state index contributed by atoms with van der Waals surface area (Å²) >= 11 is 1.34. The number of halogens is 5. The molecule has 2 aromatic carbocycles. The van der Waals surface area contributed by atoms with Crippen LogP contribution in [0.2, 0.25) is 51.4 Å². The van der Waals surface area contributed by atoms with Crippen molar-refractivity contribution in [2.45, 2.75) is 123 Å². The lowest BCUT2D eigenvalue weighted by atomic mass is 9.83. The van der Waals surface area contributed by atoms with Crippen molar-refractivity contribution in [2.24, 2.45) is 17.1 Å². The molecule has 0 saturated heterocycles. The number of ketones is 1. The van der Waals surface area contributed by atoms with Crippen molar-refractivity contribution in [1.82, 2.24) is 9.47 Å². The largest absolute Gasteiger partial charge is 0.490 e. The minimum absolute atomic E-state index is 0.0117. The maximum Gasteiger partial charge on any atom is 0.490 e. The lowest BCUT2D eigenvalue weighted by Gasteiger charge is -2.41. The van der Waals surface area contributed by atoms with Gasteiger partial charge in [-0.1, -0.05) is 90.4 Å². The monoisotopic (exact) mass is 999 g/mol. The summed E-state index contributed by atoms with van der Waals surface area (Å²) in [5.74, 6) is -5.09. The van der Waals surface area contributed by atoms with Gasteiger partial charge in [-0.05, 0) is 60.2 Å². The number of carbonyl (C=O) groups is 5. The number of aromatic nitrogens is 1. The Hall–Kier alpha value is -4.34. The first kappa shape index (κ1) is 58.8. The van der Waals surface area contributed by atoms with Gasteiger partial charge < -0.3 is 29.8 Å². The normalized spacial score (nSPS) is 12.9. The number of Topliss-reactive ketones (excluding diaryl/α,β-unsaturated/α-hetero) is 1. The smallest absolute Gasteiger partial charge is 0.475 e. The summed E-state index contributed by atoms with van der Waals surface area (Å²) in [4.78, 5) is 63.5. The van der Waals surface area contributed by atoms with Gasteiger partial charge in [-0.3, -0.25) is 19.2 Å². The molecule has 0 unspecified atom stereocenters. The molecule has 374 valence electrons. The van der Waals surface area contributed by atoms with Crippen LogP contribution in [-0.4, -0.2) is 104 Å². The highest BCUT2D eigenvalue weighted by molar-refractivity contribution is 7.99. The number of carboxylic acid groups (broad SMARTS) is 1. The minimum atomic E-state index is -5.08. The van der Waals surface area contributed by atoms with Crippen LogP contribution in [0, 0.1) is 23.0 Å². The van der Waals surface area contributed by atoms with E-state index in [-0.39, 0.29) is 54.8 Å². The van der Waals surface area contributed by atoms with Crippen molar-refractivity contribution >= 4 is 57.5 Å². The molecule has 0 saturated carbocycles. The van der Waals surface area contributed by atoms with Crippen molar-refractivity contribution in [3.63, 3.8) is 0 Å². The first-order valence-electron chi connectivity index (χ1n) is 22.4. The van der Waals surface area contributed by atoms with Crippen molar-refractivity contribution in [3.05, 3.63) is 83.7 Å². The topological polar surface area (TPSA) is 158 Å². The first-order valence-corrected chi connectivity index (χ1v) is 31.0. The van der Waals surface area contributed by atoms with Crippen molar-refractivity contribution < 1.29 is 60.5 Å². The van der Waals surface area contributed by atoms with E-state index in [4.69, 9.17) is 25.1 Å². The molecule has 3 aromatic rings. The number of thioether (sulfide) groups is 1. The predicted molar refractivity (Wildman–Crippen MR) is 259 cm³/mol. The summed E-state index contributed by atoms with van der Waals surface area (Å²) in [5, 5.41) is 7.12. The number of benzene rings is 2. The number of carbonyl (C=O) groups excluding carboxylic acids is 4. The van der Waals surface area contributed by atoms with Gasteiger partial charge in [0, 0.05) is 83.8 Å². The molecule has 2 atom stereocenters. The molecule has 11 nitrogen and oxygen atoms in total. The average molecular weight is 1000 g/mol. The number of rotatable bonds is 25. The van der Waals surface area contributed by atoms with Gasteiger partial charge in [0.1, 0.15) is 17.4 Å². The molecule has 1 aromatic heterocycles. The highest BCUT2D eigenvalue weighted by Gasteiger charge is 2.39. The molecule has 3 N–H and O–H groups in total. The van der Waals surface area contributed by atoms with Crippen LogP contribution in [0.4, 0.5) is 22.0 Å². The Morgan fingerprint density at radius 1 is 0.851 bits per heavy atom. The SMILES string of the molecule is CC(C)(C)[C@H](c1cc(-c2cc(F)ccc2F)cn1Cc1ccccc1)N(CCCCC(=O)OCC[Si](C)(C)C)C(=O)CSCCC(=O)C[C@H](CN)C(=O)OCC[Si](C)(C)C.O=C(O)C(F)(F)F. The molecule has 0 fully saturated rings. The quantitative estimate of drug-likeness (QED) is 0.0362. The fraction of sp³-hybridized carbons (Fsp3) is 0.562. The fourth-order valence-electron chi connectivity index (χ4n) is 6.75. The Morgan fingerprint density at radius 3 is 2.00 bits per heavy atom. The van der Waals surface area contributed by atoms with E-state index >= 15 is 4.39 Å². The standard InChI is InChI=1S/C46H69F2N3O6SSi2.C2HF3O2/c1-46(2,3)44(41-28-36(39-29-37(47)18-19-40(39)48)32-50(41)31-34-15-11-10-12-16-34)51(21-14-13-17-43(54)56-22-25-59(4,5)6)42(53)33-58-24-20-38(52)27-35(30-49)45(55)57-23-26-60(7,8)9;3-2(4,5)1(6)7/h10-12,15-16,18-19,28-29,32,35,44H,13-14,17,20-27,30-31,33,49H2,1-9H3;(H,6,7)/t35-,44+;/m1./s1. The number of alkyl halides is 3. The summed E-state index contributed by atoms with van der Waals surface area (Å²) in [6, 6.07) is 16.3.